The Balaban J connectivity index is 1.67. The molecule has 0 saturated heterocycles. The number of hydrogen-bond acceptors (Lipinski definition) is 6. The molecule has 2 aromatic heterocycles. The van der Waals surface area contributed by atoms with E-state index in [4.69, 9.17) is 9.05 Å². The second-order valence-corrected chi connectivity index (χ2v) is 4.86. The summed E-state index contributed by atoms with van der Waals surface area (Å²) in [4.78, 5) is 16.0. The predicted octanol–water partition coefficient (Wildman–Crippen LogP) is 2.27. The smallest absolute Gasteiger partial charge is 0.273 e. The number of aryl methyl sites for hydroxylation is 2. The third kappa shape index (κ3) is 3.03. The third-order valence-corrected chi connectivity index (χ3v) is 3.05. The normalized spacial score (nSPS) is 10.6. The lowest BCUT2D eigenvalue weighted by Crippen LogP contribution is -2.23. The Kier molecular flexibility index (Phi) is 3.69. The van der Waals surface area contributed by atoms with Crippen molar-refractivity contribution >= 4 is 5.91 Å². The fourth-order valence-corrected chi connectivity index (χ4v) is 1.89. The SMILES string of the molecule is Cc1ccc(-c2cc(C(=O)NCc3nc(C)no3)no2)cc1. The van der Waals surface area contributed by atoms with Crippen LogP contribution >= 0.6 is 0 Å². The number of nitrogens with one attached hydrogen (secondary N) is 1. The number of rotatable bonds is 4. The van der Waals surface area contributed by atoms with E-state index in [9.17, 15) is 4.79 Å². The lowest BCUT2D eigenvalue weighted by atomic mass is 10.1. The van der Waals surface area contributed by atoms with Gasteiger partial charge < -0.3 is 14.4 Å². The van der Waals surface area contributed by atoms with Crippen LogP contribution in [0, 0.1) is 13.8 Å². The largest absolute Gasteiger partial charge is 0.355 e. The van der Waals surface area contributed by atoms with Gasteiger partial charge in [0.1, 0.15) is 0 Å². The quantitative estimate of drug-likeness (QED) is 0.794. The van der Waals surface area contributed by atoms with Crippen LogP contribution in [0.1, 0.15) is 27.8 Å². The molecule has 112 valence electrons. The van der Waals surface area contributed by atoms with Crippen molar-refractivity contribution in [3.05, 3.63) is 53.3 Å². The van der Waals surface area contributed by atoms with Gasteiger partial charge in [-0.2, -0.15) is 4.98 Å². The molecule has 22 heavy (non-hydrogen) atoms. The molecule has 1 amide bonds. The van der Waals surface area contributed by atoms with Crippen molar-refractivity contribution in [3.8, 4) is 11.3 Å². The van der Waals surface area contributed by atoms with E-state index in [-0.39, 0.29) is 18.1 Å². The van der Waals surface area contributed by atoms with Crippen LogP contribution in [0.15, 0.2) is 39.4 Å². The Morgan fingerprint density at radius 1 is 1.14 bits per heavy atom. The second kappa shape index (κ2) is 5.80. The van der Waals surface area contributed by atoms with E-state index in [0.29, 0.717) is 17.5 Å². The zero-order chi connectivity index (χ0) is 15.5. The maximum absolute atomic E-state index is 12.0. The first-order chi connectivity index (χ1) is 10.6. The minimum atomic E-state index is -0.363. The molecule has 7 heteroatoms. The van der Waals surface area contributed by atoms with Crippen LogP contribution in [-0.2, 0) is 6.54 Å². The Hall–Kier alpha value is -2.96. The number of carbonyl (C=O) groups excluding carboxylic acids is 1. The lowest BCUT2D eigenvalue weighted by molar-refractivity contribution is 0.0937. The number of aromatic nitrogens is 3. The van der Waals surface area contributed by atoms with Crippen LogP contribution in [0.2, 0.25) is 0 Å². The van der Waals surface area contributed by atoms with Gasteiger partial charge in [0.15, 0.2) is 17.3 Å². The van der Waals surface area contributed by atoms with Crippen molar-refractivity contribution in [2.45, 2.75) is 20.4 Å². The first kappa shape index (κ1) is 14.0. The minimum Gasteiger partial charge on any atom is -0.355 e. The minimum absolute atomic E-state index is 0.145. The van der Waals surface area contributed by atoms with Crippen molar-refractivity contribution in [1.82, 2.24) is 20.6 Å². The van der Waals surface area contributed by atoms with E-state index in [1.807, 2.05) is 31.2 Å². The summed E-state index contributed by atoms with van der Waals surface area (Å²) in [6, 6.07) is 9.36. The van der Waals surface area contributed by atoms with E-state index >= 15 is 0 Å². The van der Waals surface area contributed by atoms with Gasteiger partial charge in [-0.1, -0.05) is 40.1 Å². The van der Waals surface area contributed by atoms with Gasteiger partial charge in [0.25, 0.3) is 5.91 Å². The van der Waals surface area contributed by atoms with Gasteiger partial charge in [0.2, 0.25) is 5.89 Å². The molecule has 2 heterocycles. The molecule has 0 aliphatic heterocycles. The average molecular weight is 298 g/mol. The van der Waals surface area contributed by atoms with Crippen molar-refractivity contribution in [3.63, 3.8) is 0 Å². The van der Waals surface area contributed by atoms with E-state index < -0.39 is 0 Å². The summed E-state index contributed by atoms with van der Waals surface area (Å²) >= 11 is 0. The molecule has 1 N–H and O–H groups in total. The van der Waals surface area contributed by atoms with E-state index in [1.165, 1.54) is 0 Å². The monoisotopic (exact) mass is 298 g/mol. The van der Waals surface area contributed by atoms with Gasteiger partial charge >= 0.3 is 0 Å². The highest BCUT2D eigenvalue weighted by molar-refractivity contribution is 5.92. The van der Waals surface area contributed by atoms with Crippen LogP contribution in [0.25, 0.3) is 11.3 Å². The summed E-state index contributed by atoms with van der Waals surface area (Å²) in [6.07, 6.45) is 0. The Bertz CT molecular complexity index is 789. The van der Waals surface area contributed by atoms with Crippen LogP contribution in [0.5, 0.6) is 0 Å². The molecule has 0 spiro atoms. The maximum atomic E-state index is 12.0. The van der Waals surface area contributed by atoms with Crippen molar-refractivity contribution in [2.24, 2.45) is 0 Å². The van der Waals surface area contributed by atoms with E-state index in [1.54, 1.807) is 13.0 Å². The number of carbonyl (C=O) groups is 1. The van der Waals surface area contributed by atoms with Crippen molar-refractivity contribution in [1.29, 1.82) is 0 Å². The Morgan fingerprint density at radius 2 is 1.91 bits per heavy atom. The standard InChI is InChI=1S/C15H14N4O3/c1-9-3-5-11(6-4-9)13-7-12(19-21-13)15(20)16-8-14-17-10(2)18-22-14/h3-7H,8H2,1-2H3,(H,16,20). The van der Waals surface area contributed by atoms with E-state index in [0.717, 1.165) is 11.1 Å². The molecule has 1 aromatic carbocycles. The highest BCUT2D eigenvalue weighted by Gasteiger charge is 2.14. The molecule has 0 atom stereocenters. The molecule has 0 radical (unpaired) electrons. The summed E-state index contributed by atoms with van der Waals surface area (Å²) in [6.45, 7) is 3.86. The van der Waals surface area contributed by atoms with Gasteiger partial charge in [0.05, 0.1) is 6.54 Å². The zero-order valence-corrected chi connectivity index (χ0v) is 12.2. The fourth-order valence-electron chi connectivity index (χ4n) is 1.89. The Labute approximate surface area is 126 Å². The van der Waals surface area contributed by atoms with Crippen LogP contribution < -0.4 is 5.32 Å². The average Bonchev–Trinajstić information content (AvgIpc) is 3.15. The number of amides is 1. The van der Waals surface area contributed by atoms with E-state index in [2.05, 4.69) is 20.6 Å². The molecule has 0 aliphatic rings. The number of hydrogen-bond donors (Lipinski definition) is 1. The molecular weight excluding hydrogens is 284 g/mol. The summed E-state index contributed by atoms with van der Waals surface area (Å²) in [5, 5.41) is 10.1. The van der Waals surface area contributed by atoms with Crippen LogP contribution in [0.3, 0.4) is 0 Å². The van der Waals surface area contributed by atoms with Crippen LogP contribution in [0.4, 0.5) is 0 Å². The third-order valence-electron chi connectivity index (χ3n) is 3.05. The Morgan fingerprint density at radius 3 is 2.59 bits per heavy atom. The second-order valence-electron chi connectivity index (χ2n) is 4.86. The lowest BCUT2D eigenvalue weighted by Gasteiger charge is -1.97. The molecule has 0 unspecified atom stereocenters. The first-order valence-corrected chi connectivity index (χ1v) is 6.73. The molecule has 7 nitrogen and oxygen atoms in total. The van der Waals surface area contributed by atoms with Gasteiger partial charge in [0, 0.05) is 11.6 Å². The number of nitrogens with zero attached hydrogens (tertiary/aromatic N) is 3. The summed E-state index contributed by atoms with van der Waals surface area (Å²) in [5.41, 5.74) is 2.22. The number of benzene rings is 1. The highest BCUT2D eigenvalue weighted by atomic mass is 16.5. The van der Waals surface area contributed by atoms with Gasteiger partial charge in [-0.05, 0) is 13.8 Å². The maximum Gasteiger partial charge on any atom is 0.273 e. The van der Waals surface area contributed by atoms with Crippen LogP contribution in [-0.4, -0.2) is 21.2 Å². The summed E-state index contributed by atoms with van der Waals surface area (Å²) in [5.74, 6) is 1.04. The molecular formula is C15H14N4O3. The van der Waals surface area contributed by atoms with Crippen molar-refractivity contribution < 1.29 is 13.8 Å². The molecule has 0 fully saturated rings. The fraction of sp³-hybridized carbons (Fsp3) is 0.200. The topological polar surface area (TPSA) is 94.1 Å². The van der Waals surface area contributed by atoms with Gasteiger partial charge in [-0.15, -0.1) is 0 Å². The van der Waals surface area contributed by atoms with Gasteiger partial charge in [-0.25, -0.2) is 0 Å². The van der Waals surface area contributed by atoms with Crippen molar-refractivity contribution in [2.75, 3.05) is 0 Å². The molecule has 3 aromatic rings. The first-order valence-electron chi connectivity index (χ1n) is 6.73. The molecule has 0 aliphatic carbocycles. The van der Waals surface area contributed by atoms with Gasteiger partial charge in [-0.3, -0.25) is 4.79 Å². The zero-order valence-electron chi connectivity index (χ0n) is 12.2. The molecule has 0 bridgehead atoms. The highest BCUT2D eigenvalue weighted by Crippen LogP contribution is 2.20. The summed E-state index contributed by atoms with van der Waals surface area (Å²) in [7, 11) is 0. The predicted molar refractivity (Wildman–Crippen MR) is 76.9 cm³/mol. The molecule has 0 saturated carbocycles. The molecule has 3 rings (SSSR count). The summed E-state index contributed by atoms with van der Waals surface area (Å²) < 4.78 is 10.1.